The number of benzene rings is 3. The van der Waals surface area contributed by atoms with Gasteiger partial charge >= 0.3 is 5.97 Å². The highest BCUT2D eigenvalue weighted by Gasteiger charge is 2.25. The van der Waals surface area contributed by atoms with E-state index in [1.807, 2.05) is 72.8 Å². The van der Waals surface area contributed by atoms with Gasteiger partial charge in [-0.25, -0.2) is 4.79 Å². The highest BCUT2D eigenvalue weighted by atomic mass is 16.5. The molecule has 0 bridgehead atoms. The van der Waals surface area contributed by atoms with Gasteiger partial charge in [0.1, 0.15) is 0 Å². The lowest BCUT2D eigenvalue weighted by molar-refractivity contribution is -0.141. The first kappa shape index (κ1) is 22.2. The second-order valence-corrected chi connectivity index (χ2v) is 7.34. The predicted octanol–water partition coefficient (Wildman–Crippen LogP) is 4.61. The number of carbonyl (C=O) groups is 2. The van der Waals surface area contributed by atoms with Gasteiger partial charge in [-0.2, -0.15) is 0 Å². The summed E-state index contributed by atoms with van der Waals surface area (Å²) in [4.78, 5) is 27.4. The Bertz CT molecular complexity index is 930. The molecule has 0 radical (unpaired) electrons. The number of hydrogen-bond acceptors (Lipinski definition) is 4. The van der Waals surface area contributed by atoms with E-state index in [0.717, 1.165) is 16.7 Å². The van der Waals surface area contributed by atoms with Crippen molar-refractivity contribution in [3.05, 3.63) is 107 Å². The zero-order chi connectivity index (χ0) is 22.1. The van der Waals surface area contributed by atoms with Gasteiger partial charge in [-0.05, 0) is 35.7 Å². The zero-order valence-corrected chi connectivity index (χ0v) is 17.9. The van der Waals surface area contributed by atoms with E-state index >= 15 is 0 Å². The monoisotopic (exact) mass is 417 g/mol. The molecule has 0 spiro atoms. The van der Waals surface area contributed by atoms with Crippen molar-refractivity contribution < 1.29 is 19.1 Å². The maximum atomic E-state index is 13.2. The van der Waals surface area contributed by atoms with E-state index in [1.165, 1.54) is 0 Å². The number of ether oxygens (including phenoxy) is 2. The molecular formula is C26H27NO4. The molecule has 0 aliphatic heterocycles. The molecule has 0 saturated carbocycles. The minimum absolute atomic E-state index is 0.239. The first-order valence-corrected chi connectivity index (χ1v) is 10.2. The SMILES string of the molecule is COCc1ccc(C(=O)OC(C)C(=O)N(Cc2ccccc2)Cc2ccccc2)cc1. The first-order valence-electron chi connectivity index (χ1n) is 10.2. The third kappa shape index (κ3) is 6.52. The predicted molar refractivity (Wildman–Crippen MR) is 119 cm³/mol. The van der Waals surface area contributed by atoms with Crippen molar-refractivity contribution in [2.24, 2.45) is 0 Å². The molecule has 0 N–H and O–H groups in total. The van der Waals surface area contributed by atoms with Crippen LogP contribution in [-0.4, -0.2) is 30.0 Å². The zero-order valence-electron chi connectivity index (χ0n) is 17.9. The van der Waals surface area contributed by atoms with E-state index in [0.29, 0.717) is 25.3 Å². The molecule has 1 amide bonds. The quantitative estimate of drug-likeness (QED) is 0.477. The lowest BCUT2D eigenvalue weighted by atomic mass is 10.1. The second-order valence-electron chi connectivity index (χ2n) is 7.34. The summed E-state index contributed by atoms with van der Waals surface area (Å²) >= 11 is 0. The molecule has 160 valence electrons. The third-order valence-electron chi connectivity index (χ3n) is 4.88. The van der Waals surface area contributed by atoms with Crippen LogP contribution in [0.3, 0.4) is 0 Å². The second kappa shape index (κ2) is 11.1. The smallest absolute Gasteiger partial charge is 0.338 e. The number of methoxy groups -OCH3 is 1. The largest absolute Gasteiger partial charge is 0.449 e. The van der Waals surface area contributed by atoms with Gasteiger partial charge in [-0.1, -0.05) is 72.8 Å². The van der Waals surface area contributed by atoms with Crippen molar-refractivity contribution in [1.29, 1.82) is 0 Å². The van der Waals surface area contributed by atoms with Crippen molar-refractivity contribution >= 4 is 11.9 Å². The Morgan fingerprint density at radius 3 is 1.77 bits per heavy atom. The van der Waals surface area contributed by atoms with Gasteiger partial charge in [0.05, 0.1) is 12.2 Å². The molecule has 3 aromatic carbocycles. The first-order chi connectivity index (χ1) is 15.1. The maximum absolute atomic E-state index is 13.2. The van der Waals surface area contributed by atoms with E-state index in [9.17, 15) is 9.59 Å². The van der Waals surface area contributed by atoms with Crippen LogP contribution in [0.2, 0.25) is 0 Å². The summed E-state index contributed by atoms with van der Waals surface area (Å²) in [6.45, 7) is 2.95. The molecule has 5 heteroatoms. The van der Waals surface area contributed by atoms with E-state index < -0.39 is 12.1 Å². The van der Waals surface area contributed by atoms with E-state index in [-0.39, 0.29) is 5.91 Å². The fraction of sp³-hybridized carbons (Fsp3) is 0.231. The van der Waals surface area contributed by atoms with Crippen LogP contribution >= 0.6 is 0 Å². The Balaban J connectivity index is 1.70. The van der Waals surface area contributed by atoms with Gasteiger partial charge in [0.25, 0.3) is 5.91 Å². The summed E-state index contributed by atoms with van der Waals surface area (Å²) in [6.07, 6.45) is -0.904. The van der Waals surface area contributed by atoms with E-state index in [1.54, 1.807) is 31.1 Å². The highest BCUT2D eigenvalue weighted by Crippen LogP contribution is 2.14. The lowest BCUT2D eigenvalue weighted by Crippen LogP contribution is -2.39. The summed E-state index contributed by atoms with van der Waals surface area (Å²) < 4.78 is 10.6. The van der Waals surface area contributed by atoms with Gasteiger partial charge in [0.15, 0.2) is 6.10 Å². The molecule has 0 heterocycles. The van der Waals surface area contributed by atoms with Crippen LogP contribution in [0.4, 0.5) is 0 Å². The molecule has 1 atom stereocenters. The summed E-state index contributed by atoms with van der Waals surface area (Å²) in [5.74, 6) is -0.763. The molecule has 31 heavy (non-hydrogen) atoms. The van der Waals surface area contributed by atoms with Crippen LogP contribution in [0.1, 0.15) is 34.0 Å². The highest BCUT2D eigenvalue weighted by molar-refractivity contribution is 5.92. The van der Waals surface area contributed by atoms with Crippen molar-refractivity contribution in [1.82, 2.24) is 4.90 Å². The molecule has 0 aliphatic rings. The Kier molecular flexibility index (Phi) is 7.96. The Morgan fingerprint density at radius 2 is 1.29 bits per heavy atom. The summed E-state index contributed by atoms with van der Waals surface area (Å²) in [5, 5.41) is 0. The summed E-state index contributed by atoms with van der Waals surface area (Å²) in [6, 6.07) is 26.5. The Morgan fingerprint density at radius 1 is 0.774 bits per heavy atom. The molecule has 0 saturated heterocycles. The minimum Gasteiger partial charge on any atom is -0.449 e. The van der Waals surface area contributed by atoms with Gasteiger partial charge in [0, 0.05) is 20.2 Å². The number of carbonyl (C=O) groups excluding carboxylic acids is 2. The number of nitrogens with zero attached hydrogens (tertiary/aromatic N) is 1. The van der Waals surface area contributed by atoms with Crippen LogP contribution in [0.25, 0.3) is 0 Å². The van der Waals surface area contributed by atoms with Gasteiger partial charge in [-0.3, -0.25) is 4.79 Å². The molecule has 0 aliphatic carbocycles. The molecule has 3 rings (SSSR count). The average molecular weight is 418 g/mol. The van der Waals surface area contributed by atoms with Crippen LogP contribution in [0, 0.1) is 0 Å². The van der Waals surface area contributed by atoms with E-state index in [4.69, 9.17) is 9.47 Å². The van der Waals surface area contributed by atoms with Crippen LogP contribution in [0.5, 0.6) is 0 Å². The van der Waals surface area contributed by atoms with E-state index in [2.05, 4.69) is 0 Å². The molecule has 3 aromatic rings. The number of esters is 1. The minimum atomic E-state index is -0.904. The Hall–Kier alpha value is -3.44. The topological polar surface area (TPSA) is 55.8 Å². The molecule has 1 unspecified atom stereocenters. The van der Waals surface area contributed by atoms with Gasteiger partial charge < -0.3 is 14.4 Å². The lowest BCUT2D eigenvalue weighted by Gasteiger charge is -2.26. The summed E-state index contributed by atoms with van der Waals surface area (Å²) in [7, 11) is 1.62. The van der Waals surface area contributed by atoms with Crippen molar-refractivity contribution in [3.8, 4) is 0 Å². The van der Waals surface area contributed by atoms with Crippen molar-refractivity contribution in [2.45, 2.75) is 32.7 Å². The van der Waals surface area contributed by atoms with Crippen molar-refractivity contribution in [3.63, 3.8) is 0 Å². The normalized spacial score (nSPS) is 11.5. The molecule has 0 fully saturated rings. The molecular weight excluding hydrogens is 390 g/mol. The van der Waals surface area contributed by atoms with Crippen LogP contribution in [0.15, 0.2) is 84.9 Å². The van der Waals surface area contributed by atoms with Crippen LogP contribution < -0.4 is 0 Å². The fourth-order valence-corrected chi connectivity index (χ4v) is 3.26. The standard InChI is InChI=1S/C26H27NO4/c1-20(31-26(29)24-15-13-23(14-16-24)19-30-2)25(28)27(17-21-9-5-3-6-10-21)18-22-11-7-4-8-12-22/h3-16,20H,17-19H2,1-2H3. The van der Waals surface area contributed by atoms with Crippen molar-refractivity contribution in [2.75, 3.05) is 7.11 Å². The third-order valence-corrected chi connectivity index (χ3v) is 4.88. The number of hydrogen-bond donors (Lipinski definition) is 0. The summed E-state index contributed by atoms with van der Waals surface area (Å²) in [5.41, 5.74) is 3.38. The maximum Gasteiger partial charge on any atom is 0.338 e. The number of rotatable bonds is 9. The average Bonchev–Trinajstić information content (AvgIpc) is 2.80. The Labute approximate surface area is 183 Å². The van der Waals surface area contributed by atoms with Crippen LogP contribution in [-0.2, 0) is 34.0 Å². The molecule has 0 aromatic heterocycles. The molecule has 5 nitrogen and oxygen atoms in total. The van der Waals surface area contributed by atoms with Gasteiger partial charge in [0.2, 0.25) is 0 Å². The number of amides is 1. The van der Waals surface area contributed by atoms with Gasteiger partial charge in [-0.15, -0.1) is 0 Å². The fourth-order valence-electron chi connectivity index (χ4n) is 3.26.